The molecule has 0 radical (unpaired) electrons. The summed E-state index contributed by atoms with van der Waals surface area (Å²) in [7, 11) is 0. The Morgan fingerprint density at radius 1 is 0.714 bits per heavy atom. The molecule has 0 unspecified atom stereocenters. The summed E-state index contributed by atoms with van der Waals surface area (Å²) in [6, 6.07) is 0. The topological polar surface area (TPSA) is 0 Å². The van der Waals surface area contributed by atoms with Crippen LogP contribution in [0.4, 0.5) is 30.7 Å². The van der Waals surface area contributed by atoms with Gasteiger partial charge in [-0.2, -0.15) is 8.78 Å². The quantitative estimate of drug-likeness (QED) is 0.446. The van der Waals surface area contributed by atoms with Gasteiger partial charge in [-0.15, -0.1) is 0 Å². The second-order valence-electron chi connectivity index (χ2n) is 2.40. The number of hydrogen-bond donors (Lipinski definition) is 0. The molecule has 0 fully saturated rings. The molecule has 8 heteroatoms. The zero-order valence-corrected chi connectivity index (χ0v) is 6.78. The molecule has 1 aliphatic carbocycles. The van der Waals surface area contributed by atoms with Crippen LogP contribution >= 0.6 is 11.6 Å². The summed E-state index contributed by atoms with van der Waals surface area (Å²) in [6.07, 6.45) is 0. The van der Waals surface area contributed by atoms with E-state index in [1.54, 1.807) is 0 Å². The Hall–Kier alpha value is -0.720. The molecule has 0 amide bonds. The first-order chi connectivity index (χ1) is 6.13. The fourth-order valence-electron chi connectivity index (χ4n) is 0.744. The van der Waals surface area contributed by atoms with Crippen LogP contribution in [0.3, 0.4) is 0 Å². The molecule has 0 saturated heterocycles. The van der Waals surface area contributed by atoms with E-state index in [1.807, 2.05) is 0 Å². The fourth-order valence-corrected chi connectivity index (χ4v) is 0.910. The van der Waals surface area contributed by atoms with Gasteiger partial charge in [-0.1, -0.05) is 11.6 Å². The van der Waals surface area contributed by atoms with Crippen molar-refractivity contribution in [1.82, 2.24) is 0 Å². The lowest BCUT2D eigenvalue weighted by Gasteiger charge is -2.24. The fraction of sp³-hybridized carbons (Fsp3) is 0.333. The van der Waals surface area contributed by atoms with Crippen LogP contribution in [0.1, 0.15) is 0 Å². The van der Waals surface area contributed by atoms with Gasteiger partial charge in [0.2, 0.25) is 11.7 Å². The van der Waals surface area contributed by atoms with Crippen LogP contribution in [0.5, 0.6) is 0 Å². The highest BCUT2D eigenvalue weighted by Gasteiger charge is 2.59. The first-order valence-electron chi connectivity index (χ1n) is 3.01. The molecule has 14 heavy (non-hydrogen) atoms. The number of alkyl halides is 4. The van der Waals surface area contributed by atoms with Crippen LogP contribution in [-0.2, 0) is 0 Å². The SMILES string of the molecule is FC1=C(F)C(F)(Cl)C(F)=C(F)C1(F)F. The molecule has 0 saturated carbocycles. The second-order valence-corrected chi connectivity index (χ2v) is 2.93. The molecule has 0 aromatic carbocycles. The summed E-state index contributed by atoms with van der Waals surface area (Å²) >= 11 is 4.34. The maximum atomic E-state index is 12.6. The average Bonchev–Trinajstić information content (AvgIpc) is 2.11. The van der Waals surface area contributed by atoms with Gasteiger partial charge in [0, 0.05) is 0 Å². The van der Waals surface area contributed by atoms with Crippen molar-refractivity contribution in [3.63, 3.8) is 0 Å². The monoisotopic (exact) mass is 240 g/mol. The third-order valence-electron chi connectivity index (χ3n) is 1.49. The third-order valence-corrected chi connectivity index (χ3v) is 1.82. The zero-order valence-electron chi connectivity index (χ0n) is 6.02. The summed E-state index contributed by atoms with van der Waals surface area (Å²) < 4.78 is 86.3. The minimum atomic E-state index is -5.15. The van der Waals surface area contributed by atoms with Crippen molar-refractivity contribution >= 4 is 11.6 Å². The van der Waals surface area contributed by atoms with E-state index in [1.165, 1.54) is 0 Å². The molecule has 0 aliphatic heterocycles. The number of allylic oxidation sites excluding steroid dienone is 4. The summed E-state index contributed by atoms with van der Waals surface area (Å²) in [5.41, 5.74) is 0. The molecule has 80 valence electrons. The maximum absolute atomic E-state index is 12.6. The minimum Gasteiger partial charge on any atom is -0.210 e. The summed E-state index contributed by atoms with van der Waals surface area (Å²) in [4.78, 5) is 0. The van der Waals surface area contributed by atoms with E-state index >= 15 is 0 Å². The van der Waals surface area contributed by atoms with Crippen molar-refractivity contribution in [1.29, 1.82) is 0 Å². The average molecular weight is 241 g/mol. The highest BCUT2D eigenvalue weighted by molar-refractivity contribution is 6.26. The Kier molecular flexibility index (Phi) is 2.34. The first-order valence-corrected chi connectivity index (χ1v) is 3.39. The molecular formula is C6ClF7. The Morgan fingerprint density at radius 2 is 1.00 bits per heavy atom. The van der Waals surface area contributed by atoms with Crippen molar-refractivity contribution in [3.8, 4) is 0 Å². The standard InChI is InChI=1S/C6ClF7/c7-5(12)1(8)3(10)6(13,14)4(11)2(5)9. The van der Waals surface area contributed by atoms with Crippen LogP contribution in [0.15, 0.2) is 23.3 Å². The molecule has 1 rings (SSSR count). The van der Waals surface area contributed by atoms with E-state index in [-0.39, 0.29) is 0 Å². The van der Waals surface area contributed by atoms with Gasteiger partial charge in [-0.25, -0.2) is 22.0 Å². The lowest BCUT2D eigenvalue weighted by atomic mass is 10.1. The van der Waals surface area contributed by atoms with E-state index in [0.29, 0.717) is 0 Å². The lowest BCUT2D eigenvalue weighted by Crippen LogP contribution is -2.33. The summed E-state index contributed by atoms with van der Waals surface area (Å²) in [5.74, 6) is -17.1. The molecule has 0 N–H and O–H groups in total. The van der Waals surface area contributed by atoms with Gasteiger partial charge < -0.3 is 0 Å². The number of rotatable bonds is 0. The summed E-state index contributed by atoms with van der Waals surface area (Å²) in [5, 5.41) is -4.34. The molecule has 0 aromatic rings. The van der Waals surface area contributed by atoms with Crippen LogP contribution in [-0.4, -0.2) is 11.1 Å². The molecular weight excluding hydrogens is 241 g/mol. The third kappa shape index (κ3) is 1.22. The highest BCUT2D eigenvalue weighted by atomic mass is 35.5. The molecule has 0 spiro atoms. The molecule has 1 aliphatic rings. The summed E-state index contributed by atoms with van der Waals surface area (Å²) in [6.45, 7) is 0. The van der Waals surface area contributed by atoms with Gasteiger partial charge in [0.05, 0.1) is 0 Å². The van der Waals surface area contributed by atoms with E-state index in [2.05, 4.69) is 11.6 Å². The molecule has 0 nitrogen and oxygen atoms in total. The smallest absolute Gasteiger partial charge is 0.210 e. The van der Waals surface area contributed by atoms with E-state index < -0.39 is 34.4 Å². The van der Waals surface area contributed by atoms with Crippen LogP contribution < -0.4 is 0 Å². The van der Waals surface area contributed by atoms with E-state index in [4.69, 9.17) is 0 Å². The van der Waals surface area contributed by atoms with Gasteiger partial charge >= 0.3 is 5.92 Å². The Labute approximate surface area is 77.6 Å². The molecule has 0 heterocycles. The Morgan fingerprint density at radius 3 is 1.29 bits per heavy atom. The van der Waals surface area contributed by atoms with Crippen molar-refractivity contribution in [2.75, 3.05) is 0 Å². The Bertz CT molecular complexity index is 278. The van der Waals surface area contributed by atoms with Crippen molar-refractivity contribution in [2.24, 2.45) is 0 Å². The van der Waals surface area contributed by atoms with Gasteiger partial charge in [0.15, 0.2) is 11.7 Å². The lowest BCUT2D eigenvalue weighted by molar-refractivity contribution is 0.0116. The zero-order chi connectivity index (χ0) is 11.3. The van der Waals surface area contributed by atoms with Crippen LogP contribution in [0, 0.1) is 0 Å². The van der Waals surface area contributed by atoms with Gasteiger partial charge in [-0.05, 0) is 0 Å². The molecule has 0 atom stereocenters. The van der Waals surface area contributed by atoms with Crippen LogP contribution in [0.25, 0.3) is 0 Å². The predicted molar refractivity (Wildman–Crippen MR) is 33.1 cm³/mol. The molecule has 0 bridgehead atoms. The van der Waals surface area contributed by atoms with E-state index in [0.717, 1.165) is 0 Å². The van der Waals surface area contributed by atoms with Gasteiger partial charge in [0.25, 0.3) is 5.13 Å². The van der Waals surface area contributed by atoms with Gasteiger partial charge in [-0.3, -0.25) is 0 Å². The highest BCUT2D eigenvalue weighted by Crippen LogP contribution is 2.52. The largest absolute Gasteiger partial charge is 0.355 e. The first kappa shape index (κ1) is 11.4. The predicted octanol–water partition coefficient (Wildman–Crippen LogP) is 3.84. The number of hydrogen-bond acceptors (Lipinski definition) is 0. The van der Waals surface area contributed by atoms with Crippen molar-refractivity contribution in [2.45, 2.75) is 11.1 Å². The van der Waals surface area contributed by atoms with Crippen LogP contribution in [0.2, 0.25) is 0 Å². The second kappa shape index (κ2) is 2.88. The normalized spacial score (nSPS) is 25.7. The van der Waals surface area contributed by atoms with E-state index in [9.17, 15) is 30.7 Å². The minimum absolute atomic E-state index is 2.89. The van der Waals surface area contributed by atoms with Crippen molar-refractivity contribution < 1.29 is 30.7 Å². The maximum Gasteiger partial charge on any atom is 0.355 e. The van der Waals surface area contributed by atoms with Gasteiger partial charge in [0.1, 0.15) is 0 Å². The molecule has 0 aromatic heterocycles. The van der Waals surface area contributed by atoms with Crippen molar-refractivity contribution in [3.05, 3.63) is 23.3 Å². The Balaban J connectivity index is 3.46. The number of halogens is 8.